The van der Waals surface area contributed by atoms with Crippen molar-refractivity contribution in [2.75, 3.05) is 11.1 Å². The van der Waals surface area contributed by atoms with Crippen LogP contribution in [0.15, 0.2) is 12.3 Å². The molecular formula is C12H11FN4OS. The molecule has 2 aromatic heterocycles. The van der Waals surface area contributed by atoms with E-state index in [9.17, 15) is 9.18 Å². The fourth-order valence-corrected chi connectivity index (χ4v) is 3.08. The summed E-state index contributed by atoms with van der Waals surface area (Å²) in [6, 6.07) is 1.07. The Balaban J connectivity index is 1.82. The molecule has 3 rings (SSSR count). The molecule has 0 saturated heterocycles. The Labute approximate surface area is 112 Å². The van der Waals surface area contributed by atoms with Gasteiger partial charge in [0.1, 0.15) is 11.6 Å². The number of carbonyl (C=O) groups is 1. The van der Waals surface area contributed by atoms with Crippen molar-refractivity contribution >= 4 is 28.2 Å². The van der Waals surface area contributed by atoms with E-state index in [1.54, 1.807) is 0 Å². The third kappa shape index (κ3) is 2.28. The van der Waals surface area contributed by atoms with Gasteiger partial charge in [-0.1, -0.05) is 0 Å². The van der Waals surface area contributed by atoms with Gasteiger partial charge in [-0.3, -0.25) is 10.1 Å². The van der Waals surface area contributed by atoms with E-state index in [0.29, 0.717) is 5.13 Å². The zero-order valence-electron chi connectivity index (χ0n) is 9.94. The van der Waals surface area contributed by atoms with Crippen molar-refractivity contribution in [1.29, 1.82) is 0 Å². The number of pyridine rings is 1. The van der Waals surface area contributed by atoms with Crippen molar-refractivity contribution in [3.63, 3.8) is 0 Å². The van der Waals surface area contributed by atoms with Crippen molar-refractivity contribution in [3.05, 3.63) is 34.2 Å². The highest BCUT2D eigenvalue weighted by Crippen LogP contribution is 2.30. The van der Waals surface area contributed by atoms with Crippen LogP contribution in [0.3, 0.4) is 0 Å². The number of thiazole rings is 1. The third-order valence-corrected chi connectivity index (χ3v) is 4.02. The Morgan fingerprint density at radius 2 is 2.32 bits per heavy atom. The maximum absolute atomic E-state index is 13.1. The standard InChI is InChI=1S/C12H11FN4OS/c13-6-4-7(10(14)15-5-6)11(18)17-12-16-8-2-1-3-9(8)19-12/h4-5H,1-3H2,(H2,14,15)(H,16,17,18). The summed E-state index contributed by atoms with van der Waals surface area (Å²) in [4.78, 5) is 21.1. The second-order valence-corrected chi connectivity index (χ2v) is 5.37. The predicted octanol–water partition coefficient (Wildman–Crippen LogP) is 2.00. The number of hydrogen-bond acceptors (Lipinski definition) is 5. The minimum Gasteiger partial charge on any atom is -0.383 e. The molecule has 0 radical (unpaired) electrons. The number of nitrogens with two attached hydrogens (primary N) is 1. The van der Waals surface area contributed by atoms with Crippen LogP contribution in [0.4, 0.5) is 15.3 Å². The Kier molecular flexibility index (Phi) is 2.90. The number of rotatable bonds is 2. The highest BCUT2D eigenvalue weighted by molar-refractivity contribution is 7.16. The molecule has 0 aromatic carbocycles. The average molecular weight is 278 g/mol. The van der Waals surface area contributed by atoms with E-state index < -0.39 is 11.7 Å². The van der Waals surface area contributed by atoms with E-state index in [4.69, 9.17) is 5.73 Å². The van der Waals surface area contributed by atoms with Gasteiger partial charge in [-0.05, 0) is 25.3 Å². The van der Waals surface area contributed by atoms with Crippen molar-refractivity contribution in [2.24, 2.45) is 0 Å². The number of halogens is 1. The van der Waals surface area contributed by atoms with Crippen LogP contribution in [0.2, 0.25) is 0 Å². The first kappa shape index (κ1) is 12.0. The lowest BCUT2D eigenvalue weighted by Crippen LogP contribution is -2.15. The molecule has 3 N–H and O–H groups in total. The van der Waals surface area contributed by atoms with Crippen LogP contribution in [0.25, 0.3) is 0 Å². The SMILES string of the molecule is Nc1ncc(F)cc1C(=O)Nc1nc2c(s1)CCC2. The molecule has 5 nitrogen and oxygen atoms in total. The molecule has 0 saturated carbocycles. The maximum Gasteiger partial charge on any atom is 0.261 e. The topological polar surface area (TPSA) is 80.9 Å². The average Bonchev–Trinajstić information content (AvgIpc) is 2.92. The molecule has 0 unspecified atom stereocenters. The number of nitrogens with zero attached hydrogens (tertiary/aromatic N) is 2. The van der Waals surface area contributed by atoms with Crippen molar-refractivity contribution in [3.8, 4) is 0 Å². The van der Waals surface area contributed by atoms with E-state index in [2.05, 4.69) is 15.3 Å². The highest BCUT2D eigenvalue weighted by Gasteiger charge is 2.19. The minimum absolute atomic E-state index is 0.00278. The number of aromatic nitrogens is 2. The molecule has 98 valence electrons. The van der Waals surface area contributed by atoms with E-state index in [0.717, 1.165) is 37.2 Å². The van der Waals surface area contributed by atoms with Gasteiger partial charge in [-0.15, -0.1) is 11.3 Å². The van der Waals surface area contributed by atoms with Gasteiger partial charge in [0.05, 0.1) is 17.5 Å². The second kappa shape index (κ2) is 4.58. The Morgan fingerprint density at radius 3 is 3.11 bits per heavy atom. The summed E-state index contributed by atoms with van der Waals surface area (Å²) in [7, 11) is 0. The zero-order chi connectivity index (χ0) is 13.4. The van der Waals surface area contributed by atoms with Gasteiger partial charge in [-0.2, -0.15) is 0 Å². The molecule has 0 atom stereocenters. The number of nitrogen functional groups attached to an aromatic ring is 1. The Hall–Kier alpha value is -2.02. The lowest BCUT2D eigenvalue weighted by Gasteiger charge is -2.04. The van der Waals surface area contributed by atoms with Gasteiger partial charge in [0, 0.05) is 4.88 Å². The zero-order valence-corrected chi connectivity index (χ0v) is 10.8. The summed E-state index contributed by atoms with van der Waals surface area (Å²) < 4.78 is 13.1. The molecule has 1 aliphatic rings. The number of hydrogen-bond donors (Lipinski definition) is 2. The molecule has 2 aromatic rings. The maximum atomic E-state index is 13.1. The van der Waals surface area contributed by atoms with Gasteiger partial charge in [0.25, 0.3) is 5.91 Å². The summed E-state index contributed by atoms with van der Waals surface area (Å²) in [5.74, 6) is -1.08. The normalized spacial score (nSPS) is 13.3. The first-order valence-corrected chi connectivity index (χ1v) is 6.66. The van der Waals surface area contributed by atoms with Gasteiger partial charge in [0.2, 0.25) is 0 Å². The van der Waals surface area contributed by atoms with Crippen LogP contribution in [-0.4, -0.2) is 15.9 Å². The molecule has 0 bridgehead atoms. The largest absolute Gasteiger partial charge is 0.383 e. The fourth-order valence-electron chi connectivity index (χ4n) is 2.04. The van der Waals surface area contributed by atoms with Crippen molar-refractivity contribution < 1.29 is 9.18 Å². The van der Waals surface area contributed by atoms with Crippen LogP contribution in [-0.2, 0) is 12.8 Å². The summed E-state index contributed by atoms with van der Waals surface area (Å²) in [6.45, 7) is 0. The fraction of sp³-hybridized carbons (Fsp3) is 0.250. The Morgan fingerprint density at radius 1 is 1.47 bits per heavy atom. The van der Waals surface area contributed by atoms with Crippen LogP contribution in [0.5, 0.6) is 0 Å². The van der Waals surface area contributed by atoms with Crippen LogP contribution in [0.1, 0.15) is 27.3 Å². The minimum atomic E-state index is -0.596. The molecule has 0 aliphatic heterocycles. The van der Waals surface area contributed by atoms with E-state index in [1.165, 1.54) is 16.2 Å². The summed E-state index contributed by atoms with van der Waals surface area (Å²) in [5.41, 5.74) is 6.63. The Bertz CT molecular complexity index is 634. The first-order chi connectivity index (χ1) is 9.13. The molecule has 2 heterocycles. The molecule has 19 heavy (non-hydrogen) atoms. The van der Waals surface area contributed by atoms with Crippen LogP contribution in [0, 0.1) is 5.82 Å². The van der Waals surface area contributed by atoms with Gasteiger partial charge >= 0.3 is 0 Å². The monoisotopic (exact) mass is 278 g/mol. The van der Waals surface area contributed by atoms with Gasteiger partial charge in [0.15, 0.2) is 5.13 Å². The van der Waals surface area contributed by atoms with Crippen LogP contribution < -0.4 is 11.1 Å². The quantitative estimate of drug-likeness (QED) is 0.880. The molecule has 1 aliphatic carbocycles. The summed E-state index contributed by atoms with van der Waals surface area (Å²) in [5, 5.41) is 3.16. The number of carbonyl (C=O) groups excluding carboxylic acids is 1. The number of amides is 1. The van der Waals surface area contributed by atoms with E-state index in [1.807, 2.05) is 0 Å². The third-order valence-electron chi connectivity index (χ3n) is 2.95. The molecule has 7 heteroatoms. The number of anilines is 2. The van der Waals surface area contributed by atoms with Crippen molar-refractivity contribution in [1.82, 2.24) is 9.97 Å². The van der Waals surface area contributed by atoms with Gasteiger partial charge < -0.3 is 5.73 Å². The molecule has 0 spiro atoms. The van der Waals surface area contributed by atoms with Crippen LogP contribution >= 0.6 is 11.3 Å². The molecule has 1 amide bonds. The number of aryl methyl sites for hydroxylation is 2. The number of nitrogens with one attached hydrogen (secondary N) is 1. The lowest BCUT2D eigenvalue weighted by molar-refractivity contribution is 0.102. The lowest BCUT2D eigenvalue weighted by atomic mass is 10.2. The second-order valence-electron chi connectivity index (χ2n) is 4.28. The van der Waals surface area contributed by atoms with Crippen molar-refractivity contribution in [2.45, 2.75) is 19.3 Å². The van der Waals surface area contributed by atoms with Gasteiger partial charge in [-0.25, -0.2) is 14.4 Å². The molecule has 0 fully saturated rings. The predicted molar refractivity (Wildman–Crippen MR) is 70.7 cm³/mol. The summed E-state index contributed by atoms with van der Waals surface area (Å²) >= 11 is 1.46. The summed E-state index contributed by atoms with van der Waals surface area (Å²) in [6.07, 6.45) is 4.05. The first-order valence-electron chi connectivity index (χ1n) is 5.84. The van der Waals surface area contributed by atoms with E-state index >= 15 is 0 Å². The smallest absolute Gasteiger partial charge is 0.261 e. The van der Waals surface area contributed by atoms with E-state index in [-0.39, 0.29) is 11.4 Å². The number of fused-ring (bicyclic) bond motifs is 1. The molecular weight excluding hydrogens is 267 g/mol. The highest BCUT2D eigenvalue weighted by atomic mass is 32.1.